The van der Waals surface area contributed by atoms with Crippen molar-refractivity contribution in [2.75, 3.05) is 13.2 Å². The summed E-state index contributed by atoms with van der Waals surface area (Å²) in [7, 11) is 0. The first-order chi connectivity index (χ1) is 16.6. The van der Waals surface area contributed by atoms with Crippen LogP contribution in [0.1, 0.15) is 45.9 Å². The number of H-pyrrole nitrogens is 1. The number of rotatable bonds is 4. The first-order valence-corrected chi connectivity index (χ1v) is 11.8. The number of nitrogens with zero attached hydrogens (tertiary/aromatic N) is 1. The number of carbonyl (C=O) groups is 1. The third-order valence-electron chi connectivity index (χ3n) is 6.68. The Kier molecular flexibility index (Phi) is 4.91. The lowest BCUT2D eigenvalue weighted by molar-refractivity contribution is 0.0661. The Balaban J connectivity index is 1.46. The zero-order valence-electron chi connectivity index (χ0n) is 19.3. The summed E-state index contributed by atoms with van der Waals surface area (Å²) in [6, 6.07) is 24.0. The molecule has 5 aromatic rings. The first kappa shape index (κ1) is 20.6. The van der Waals surface area contributed by atoms with Crippen LogP contribution in [0.5, 0.6) is 5.75 Å². The third kappa shape index (κ3) is 3.36. The average molecular weight is 451 g/mol. The highest BCUT2D eigenvalue weighted by atomic mass is 16.5. The Morgan fingerprint density at radius 2 is 1.91 bits per heavy atom. The largest absolute Gasteiger partial charge is 0.494 e. The van der Waals surface area contributed by atoms with E-state index in [-0.39, 0.29) is 11.9 Å². The summed E-state index contributed by atoms with van der Waals surface area (Å²) >= 11 is 0. The van der Waals surface area contributed by atoms with Crippen LogP contribution in [0.25, 0.3) is 21.9 Å². The van der Waals surface area contributed by atoms with E-state index >= 15 is 0 Å². The van der Waals surface area contributed by atoms with Crippen molar-refractivity contribution in [1.29, 1.82) is 0 Å². The van der Waals surface area contributed by atoms with Gasteiger partial charge in [0.2, 0.25) is 0 Å². The lowest BCUT2D eigenvalue weighted by atomic mass is 9.92. The molecule has 0 aliphatic carbocycles. The summed E-state index contributed by atoms with van der Waals surface area (Å²) in [6.07, 6.45) is 0.790. The van der Waals surface area contributed by atoms with E-state index in [9.17, 15) is 4.79 Å². The van der Waals surface area contributed by atoms with Crippen molar-refractivity contribution in [3.8, 4) is 5.75 Å². The number of benzene rings is 3. The number of fused-ring (bicyclic) bond motifs is 4. The minimum Gasteiger partial charge on any atom is -0.494 e. The van der Waals surface area contributed by atoms with E-state index in [4.69, 9.17) is 9.15 Å². The fourth-order valence-electron chi connectivity index (χ4n) is 5.13. The number of aromatic amines is 1. The molecule has 0 unspecified atom stereocenters. The second-order valence-electron chi connectivity index (χ2n) is 8.87. The first-order valence-electron chi connectivity index (χ1n) is 11.8. The van der Waals surface area contributed by atoms with E-state index in [1.54, 1.807) is 0 Å². The van der Waals surface area contributed by atoms with E-state index in [1.807, 2.05) is 61.2 Å². The molecule has 0 bridgehead atoms. The summed E-state index contributed by atoms with van der Waals surface area (Å²) in [6.45, 7) is 5.24. The van der Waals surface area contributed by atoms with Crippen molar-refractivity contribution in [2.45, 2.75) is 26.3 Å². The van der Waals surface area contributed by atoms with Crippen LogP contribution >= 0.6 is 0 Å². The van der Waals surface area contributed by atoms with Crippen LogP contribution < -0.4 is 4.74 Å². The molecule has 1 amide bonds. The van der Waals surface area contributed by atoms with Crippen LogP contribution in [0.15, 0.2) is 77.2 Å². The number of aryl methyl sites for hydroxylation is 1. The molecule has 2 aromatic heterocycles. The molecule has 6 rings (SSSR count). The molecule has 170 valence electrons. The zero-order chi connectivity index (χ0) is 23.2. The van der Waals surface area contributed by atoms with Crippen LogP contribution in [-0.4, -0.2) is 28.9 Å². The van der Waals surface area contributed by atoms with Crippen molar-refractivity contribution >= 4 is 27.8 Å². The Bertz CT molecular complexity index is 1510. The third-order valence-corrected chi connectivity index (χ3v) is 6.68. The van der Waals surface area contributed by atoms with Gasteiger partial charge in [-0.1, -0.05) is 42.0 Å². The molecule has 5 heteroatoms. The number of nitrogens with one attached hydrogen (secondary N) is 1. The van der Waals surface area contributed by atoms with E-state index in [1.165, 1.54) is 10.9 Å². The molecule has 0 saturated carbocycles. The monoisotopic (exact) mass is 450 g/mol. The molecule has 3 aromatic carbocycles. The lowest BCUT2D eigenvalue weighted by Crippen LogP contribution is -2.40. The van der Waals surface area contributed by atoms with Crippen molar-refractivity contribution in [1.82, 2.24) is 9.88 Å². The number of para-hydroxylation sites is 1. The highest BCUT2D eigenvalue weighted by molar-refractivity contribution is 5.97. The van der Waals surface area contributed by atoms with Gasteiger partial charge in [0.1, 0.15) is 11.3 Å². The van der Waals surface area contributed by atoms with Gasteiger partial charge >= 0.3 is 0 Å². The minimum atomic E-state index is -0.241. The molecule has 1 atom stereocenters. The van der Waals surface area contributed by atoms with Crippen molar-refractivity contribution < 1.29 is 13.9 Å². The van der Waals surface area contributed by atoms with Gasteiger partial charge in [-0.15, -0.1) is 0 Å². The van der Waals surface area contributed by atoms with E-state index in [0.29, 0.717) is 18.9 Å². The average Bonchev–Trinajstić information content (AvgIpc) is 3.45. The second kappa shape index (κ2) is 8.10. The standard InChI is InChI=1S/C29H26N2O3/c1-3-33-21-11-9-19(10-12-21)28-27-23(22-6-4-5-7-24(22)30-27)14-15-31(28)29(32)26-17-20-16-18(2)8-13-25(20)34-26/h4-13,16-17,28,30H,3,14-15H2,1-2H3/t28-/m0/s1. The predicted octanol–water partition coefficient (Wildman–Crippen LogP) is 6.41. The van der Waals surface area contributed by atoms with Crippen LogP contribution in [0.2, 0.25) is 0 Å². The summed E-state index contributed by atoms with van der Waals surface area (Å²) in [5.41, 5.74) is 6.35. The molecule has 0 saturated heterocycles. The van der Waals surface area contributed by atoms with Crippen LogP contribution in [0.4, 0.5) is 0 Å². The number of carbonyl (C=O) groups excluding carboxylic acids is 1. The molecule has 3 heterocycles. The Labute approximate surface area is 197 Å². The topological polar surface area (TPSA) is 58.5 Å². The zero-order valence-corrected chi connectivity index (χ0v) is 19.3. The minimum absolute atomic E-state index is 0.1000. The van der Waals surface area contributed by atoms with E-state index in [0.717, 1.165) is 45.5 Å². The van der Waals surface area contributed by atoms with Crippen LogP contribution in [0, 0.1) is 6.92 Å². The highest BCUT2D eigenvalue weighted by Gasteiger charge is 2.36. The summed E-state index contributed by atoms with van der Waals surface area (Å²) in [4.78, 5) is 19.4. The van der Waals surface area contributed by atoms with Crippen molar-refractivity contribution in [3.63, 3.8) is 0 Å². The fourth-order valence-corrected chi connectivity index (χ4v) is 5.13. The predicted molar refractivity (Wildman–Crippen MR) is 133 cm³/mol. The summed E-state index contributed by atoms with van der Waals surface area (Å²) in [5.74, 6) is 1.10. The molecule has 5 nitrogen and oxygen atoms in total. The Hall–Kier alpha value is -3.99. The maximum Gasteiger partial charge on any atom is 0.290 e. The maximum absolute atomic E-state index is 13.8. The molecule has 0 spiro atoms. The quantitative estimate of drug-likeness (QED) is 0.344. The smallest absolute Gasteiger partial charge is 0.290 e. The molecular formula is C29H26N2O3. The van der Waals surface area contributed by atoms with Crippen molar-refractivity contribution in [3.05, 3.63) is 101 Å². The number of hydrogen-bond acceptors (Lipinski definition) is 3. The molecule has 1 aliphatic heterocycles. The van der Waals surface area contributed by atoms with Gasteiger partial charge in [-0.3, -0.25) is 4.79 Å². The lowest BCUT2D eigenvalue weighted by Gasteiger charge is -2.35. The van der Waals surface area contributed by atoms with Gasteiger partial charge in [0.05, 0.1) is 12.6 Å². The number of furan rings is 1. The van der Waals surface area contributed by atoms with Gasteiger partial charge in [-0.2, -0.15) is 0 Å². The van der Waals surface area contributed by atoms with Gasteiger partial charge < -0.3 is 19.0 Å². The van der Waals surface area contributed by atoms with Gasteiger partial charge in [-0.25, -0.2) is 0 Å². The molecular weight excluding hydrogens is 424 g/mol. The maximum atomic E-state index is 13.8. The highest BCUT2D eigenvalue weighted by Crippen LogP contribution is 2.40. The van der Waals surface area contributed by atoms with E-state index < -0.39 is 0 Å². The Morgan fingerprint density at radius 3 is 2.74 bits per heavy atom. The van der Waals surface area contributed by atoms with Gasteiger partial charge in [0, 0.05) is 28.5 Å². The normalized spacial score (nSPS) is 15.6. The van der Waals surface area contributed by atoms with Crippen molar-refractivity contribution in [2.24, 2.45) is 0 Å². The van der Waals surface area contributed by atoms with Crippen LogP contribution in [-0.2, 0) is 6.42 Å². The van der Waals surface area contributed by atoms with E-state index in [2.05, 4.69) is 35.3 Å². The molecule has 0 fully saturated rings. The second-order valence-corrected chi connectivity index (χ2v) is 8.87. The molecule has 34 heavy (non-hydrogen) atoms. The van der Waals surface area contributed by atoms with Crippen LogP contribution in [0.3, 0.4) is 0 Å². The molecule has 1 aliphatic rings. The Morgan fingerprint density at radius 1 is 1.09 bits per heavy atom. The number of hydrogen-bond donors (Lipinski definition) is 1. The summed E-state index contributed by atoms with van der Waals surface area (Å²) < 4.78 is 11.6. The van der Waals surface area contributed by atoms with Gasteiger partial charge in [-0.05, 0) is 67.8 Å². The fraction of sp³-hybridized carbons (Fsp3) is 0.207. The number of amides is 1. The molecule has 0 radical (unpaired) electrons. The number of aromatic nitrogens is 1. The molecule has 1 N–H and O–H groups in total. The SMILES string of the molecule is CCOc1ccc([C@H]2c3[nH]c4ccccc4c3CCN2C(=O)c2cc3cc(C)ccc3o2)cc1. The summed E-state index contributed by atoms with van der Waals surface area (Å²) in [5, 5.41) is 2.17. The number of ether oxygens (including phenoxy) is 1. The van der Waals surface area contributed by atoms with Gasteiger partial charge in [0.15, 0.2) is 5.76 Å². The van der Waals surface area contributed by atoms with Gasteiger partial charge in [0.25, 0.3) is 5.91 Å².